The van der Waals surface area contributed by atoms with Gasteiger partial charge in [0.25, 0.3) is 0 Å². The zero-order valence-corrected chi connectivity index (χ0v) is 9.68. The molecule has 0 unspecified atom stereocenters. The third-order valence-electron chi connectivity index (χ3n) is 0.636. The number of carbonyl (C=O) groups is 2. The first-order valence-electron chi connectivity index (χ1n) is 4.21. The zero-order valence-electron chi connectivity index (χ0n) is 9.68. The topological polar surface area (TPSA) is 129 Å². The highest BCUT2D eigenvalue weighted by atomic mass is 16.7. The van der Waals surface area contributed by atoms with Crippen molar-refractivity contribution in [3.8, 4) is 0 Å². The van der Waals surface area contributed by atoms with Gasteiger partial charge in [0.15, 0.2) is 0 Å². The first kappa shape index (κ1) is 16.3. The molecule has 0 saturated carbocycles. The van der Waals surface area contributed by atoms with E-state index < -0.39 is 11.9 Å². The van der Waals surface area contributed by atoms with Gasteiger partial charge in [0.05, 0.1) is 0 Å². The quantitative estimate of drug-likeness (QED) is 0.290. The summed E-state index contributed by atoms with van der Waals surface area (Å²) in [7, 11) is 0. The minimum Gasteiger partial charge on any atom is -0.385 e. The van der Waals surface area contributed by atoms with Gasteiger partial charge in [-0.3, -0.25) is 0 Å². The van der Waals surface area contributed by atoms with Crippen LogP contribution in [-0.2, 0) is 19.3 Å². The summed E-state index contributed by atoms with van der Waals surface area (Å²) >= 11 is 0. The van der Waals surface area contributed by atoms with Crippen LogP contribution in [0.2, 0.25) is 0 Å². The van der Waals surface area contributed by atoms with E-state index in [0.717, 1.165) is 0 Å². The van der Waals surface area contributed by atoms with Crippen LogP contribution in [0.1, 0.15) is 27.7 Å². The summed E-state index contributed by atoms with van der Waals surface area (Å²) in [5, 5.41) is 6.34. The number of hydrogen-bond acceptors (Lipinski definition) is 6. The largest absolute Gasteiger partial charge is 0.385 e. The van der Waals surface area contributed by atoms with Gasteiger partial charge in [-0.15, -0.1) is 0 Å². The van der Waals surface area contributed by atoms with E-state index >= 15 is 0 Å². The van der Waals surface area contributed by atoms with Crippen molar-refractivity contribution in [1.29, 1.82) is 0 Å². The maximum Gasteiger partial charge on any atom is 0.332 e. The average Bonchev–Trinajstić information content (AvgIpc) is 2.12. The fourth-order valence-corrected chi connectivity index (χ4v) is 0.273. The lowest BCUT2D eigenvalue weighted by molar-refractivity contribution is -0.141. The van der Waals surface area contributed by atoms with Crippen molar-refractivity contribution in [2.75, 3.05) is 0 Å². The van der Waals surface area contributed by atoms with Crippen molar-refractivity contribution in [1.82, 2.24) is 0 Å². The highest BCUT2D eigenvalue weighted by molar-refractivity contribution is 5.78. The van der Waals surface area contributed by atoms with E-state index in [-0.39, 0.29) is 11.7 Å². The second kappa shape index (κ2) is 9.44. The Morgan fingerprint density at radius 1 is 0.812 bits per heavy atom. The molecule has 0 aromatic carbocycles. The molecule has 4 N–H and O–H groups in total. The van der Waals surface area contributed by atoms with Crippen LogP contribution >= 0.6 is 0 Å². The molecule has 0 heterocycles. The van der Waals surface area contributed by atoms with Crippen molar-refractivity contribution in [2.45, 2.75) is 27.7 Å². The lowest BCUT2D eigenvalue weighted by Gasteiger charge is -1.88. The predicted octanol–water partition coefficient (Wildman–Crippen LogP) is -0.317. The van der Waals surface area contributed by atoms with Crippen LogP contribution in [0.25, 0.3) is 0 Å². The standard InChI is InChI=1S/2C4H8N2O2/c2*1-3(5)6-8-4(2)7/h2*1-2H3,(H2,5,6). The Morgan fingerprint density at radius 2 is 1.06 bits per heavy atom. The molecule has 0 bridgehead atoms. The number of hydrogen-bond donors (Lipinski definition) is 2. The molecule has 0 fully saturated rings. The fourth-order valence-electron chi connectivity index (χ4n) is 0.273. The number of amidine groups is 2. The fraction of sp³-hybridized carbons (Fsp3) is 0.500. The molecule has 8 nitrogen and oxygen atoms in total. The third kappa shape index (κ3) is 22.6. The first-order chi connectivity index (χ1) is 7.25. The SMILES string of the molecule is CC(=O)ON=C(C)N.CC(=O)ON=C(C)N. The van der Waals surface area contributed by atoms with E-state index in [9.17, 15) is 9.59 Å². The maximum atomic E-state index is 9.96. The van der Waals surface area contributed by atoms with Crippen LogP contribution in [0.5, 0.6) is 0 Å². The molecule has 0 aliphatic rings. The Balaban J connectivity index is 0. The predicted molar refractivity (Wildman–Crippen MR) is 58.1 cm³/mol. The molecular weight excluding hydrogens is 216 g/mol. The van der Waals surface area contributed by atoms with Crippen LogP contribution < -0.4 is 11.5 Å². The van der Waals surface area contributed by atoms with Gasteiger partial charge in [0, 0.05) is 13.8 Å². The monoisotopic (exact) mass is 232 g/mol. The molecule has 0 saturated heterocycles. The molecule has 0 spiro atoms. The minimum absolute atomic E-state index is 0.236. The van der Waals surface area contributed by atoms with Crippen LogP contribution in [0, 0.1) is 0 Å². The van der Waals surface area contributed by atoms with Crippen LogP contribution in [0.3, 0.4) is 0 Å². The van der Waals surface area contributed by atoms with Crippen molar-refractivity contribution in [3.63, 3.8) is 0 Å². The van der Waals surface area contributed by atoms with E-state index in [2.05, 4.69) is 20.0 Å². The maximum absolute atomic E-state index is 9.96. The Kier molecular flexibility index (Phi) is 9.62. The van der Waals surface area contributed by atoms with Gasteiger partial charge >= 0.3 is 11.9 Å². The number of oxime groups is 2. The van der Waals surface area contributed by atoms with E-state index in [0.29, 0.717) is 0 Å². The van der Waals surface area contributed by atoms with Crippen LogP contribution in [0.4, 0.5) is 0 Å². The Morgan fingerprint density at radius 3 is 1.12 bits per heavy atom. The molecule has 0 amide bonds. The molecule has 16 heavy (non-hydrogen) atoms. The Bertz CT molecular complexity index is 260. The molecule has 0 atom stereocenters. The second-order valence-electron chi connectivity index (χ2n) is 2.63. The molecule has 0 aliphatic heterocycles. The minimum atomic E-state index is -0.463. The summed E-state index contributed by atoms with van der Waals surface area (Å²) in [5.74, 6) is -0.454. The second-order valence-corrected chi connectivity index (χ2v) is 2.63. The summed E-state index contributed by atoms with van der Waals surface area (Å²) < 4.78 is 0. The summed E-state index contributed by atoms with van der Waals surface area (Å²) in [6, 6.07) is 0. The molecule has 0 radical (unpaired) electrons. The molecule has 92 valence electrons. The van der Waals surface area contributed by atoms with E-state index in [1.165, 1.54) is 27.7 Å². The Hall–Kier alpha value is -2.12. The smallest absolute Gasteiger partial charge is 0.332 e. The van der Waals surface area contributed by atoms with Crippen molar-refractivity contribution >= 4 is 23.6 Å². The van der Waals surface area contributed by atoms with Crippen LogP contribution in [0.15, 0.2) is 10.3 Å². The normalized spacial score (nSPS) is 11.0. The van der Waals surface area contributed by atoms with Gasteiger partial charge in [0.2, 0.25) is 0 Å². The van der Waals surface area contributed by atoms with Gasteiger partial charge in [-0.1, -0.05) is 10.3 Å². The molecular formula is C8H16N4O4. The van der Waals surface area contributed by atoms with Crippen LogP contribution in [-0.4, -0.2) is 23.6 Å². The molecule has 0 aliphatic carbocycles. The molecule has 0 rings (SSSR count). The number of carbonyl (C=O) groups excluding carboxylic acids is 2. The number of nitrogens with zero attached hydrogens (tertiary/aromatic N) is 2. The summed E-state index contributed by atoms with van der Waals surface area (Å²) in [6.45, 7) is 5.57. The highest BCUT2D eigenvalue weighted by Gasteiger charge is 1.86. The van der Waals surface area contributed by atoms with Crippen molar-refractivity contribution in [3.05, 3.63) is 0 Å². The lowest BCUT2D eigenvalue weighted by Crippen LogP contribution is -2.07. The molecule has 8 heteroatoms. The lowest BCUT2D eigenvalue weighted by atomic mass is 10.7. The molecule has 0 aromatic rings. The third-order valence-corrected chi connectivity index (χ3v) is 0.636. The van der Waals surface area contributed by atoms with Gasteiger partial charge in [0.1, 0.15) is 11.7 Å². The molecule has 0 aromatic heterocycles. The summed E-state index contributed by atoms with van der Waals surface area (Å²) in [6.07, 6.45) is 0. The van der Waals surface area contributed by atoms with Gasteiger partial charge < -0.3 is 21.1 Å². The van der Waals surface area contributed by atoms with E-state index in [1.54, 1.807) is 0 Å². The number of nitrogens with two attached hydrogens (primary N) is 2. The Labute approximate surface area is 93.2 Å². The highest BCUT2D eigenvalue weighted by Crippen LogP contribution is 1.75. The average molecular weight is 232 g/mol. The van der Waals surface area contributed by atoms with Crippen molar-refractivity contribution in [2.24, 2.45) is 21.8 Å². The van der Waals surface area contributed by atoms with Gasteiger partial charge in [-0.05, 0) is 13.8 Å². The van der Waals surface area contributed by atoms with E-state index in [4.69, 9.17) is 11.5 Å². The summed E-state index contributed by atoms with van der Waals surface area (Å²) in [4.78, 5) is 28.2. The van der Waals surface area contributed by atoms with Gasteiger partial charge in [-0.2, -0.15) is 0 Å². The summed E-state index contributed by atoms with van der Waals surface area (Å²) in [5.41, 5.74) is 10.0. The zero-order chi connectivity index (χ0) is 13.1. The first-order valence-corrected chi connectivity index (χ1v) is 4.21. The van der Waals surface area contributed by atoms with Crippen molar-refractivity contribution < 1.29 is 19.3 Å². The van der Waals surface area contributed by atoms with Gasteiger partial charge in [-0.25, -0.2) is 9.59 Å². The number of rotatable bonds is 2. The van der Waals surface area contributed by atoms with E-state index in [1.807, 2.05) is 0 Å².